The van der Waals surface area contributed by atoms with Gasteiger partial charge in [-0.15, -0.1) is 10.2 Å². The monoisotopic (exact) mass is 521 g/mol. The summed E-state index contributed by atoms with van der Waals surface area (Å²) in [6.45, 7) is 15.9. The molecule has 3 aromatic rings. The van der Waals surface area contributed by atoms with Gasteiger partial charge < -0.3 is 19.8 Å². The van der Waals surface area contributed by atoms with E-state index >= 15 is 0 Å². The van der Waals surface area contributed by atoms with Crippen molar-refractivity contribution in [1.29, 1.82) is 0 Å². The van der Waals surface area contributed by atoms with Gasteiger partial charge in [0.05, 0.1) is 12.3 Å². The molecule has 37 heavy (non-hydrogen) atoms. The molecule has 0 unspecified atom stereocenters. The lowest BCUT2D eigenvalue weighted by molar-refractivity contribution is 0.176. The van der Waals surface area contributed by atoms with Crippen LogP contribution < -0.4 is 15.4 Å². The summed E-state index contributed by atoms with van der Waals surface area (Å²) in [7, 11) is -1.93. The van der Waals surface area contributed by atoms with Crippen LogP contribution in [-0.4, -0.2) is 42.1 Å². The molecule has 1 aliphatic heterocycles. The van der Waals surface area contributed by atoms with E-state index in [1.807, 2.05) is 18.3 Å². The molecule has 0 bridgehead atoms. The van der Waals surface area contributed by atoms with Crippen molar-refractivity contribution in [3.05, 3.63) is 53.7 Å². The second-order valence-electron chi connectivity index (χ2n) is 11.8. The highest BCUT2D eigenvalue weighted by atomic mass is 28.4. The fourth-order valence-electron chi connectivity index (χ4n) is 6.92. The van der Waals surface area contributed by atoms with Gasteiger partial charge in [0.2, 0.25) is 14.3 Å². The van der Waals surface area contributed by atoms with E-state index in [9.17, 15) is 0 Å². The Kier molecular flexibility index (Phi) is 7.35. The first-order valence-electron chi connectivity index (χ1n) is 14.0. The highest BCUT2D eigenvalue weighted by Crippen LogP contribution is 2.44. The van der Waals surface area contributed by atoms with Crippen LogP contribution in [0.5, 0.6) is 5.75 Å². The summed E-state index contributed by atoms with van der Waals surface area (Å²) < 4.78 is 15.7. The van der Waals surface area contributed by atoms with Gasteiger partial charge in [-0.2, -0.15) is 0 Å². The molecule has 1 fully saturated rings. The Bertz CT molecular complexity index is 1200. The molecule has 0 radical (unpaired) electrons. The van der Waals surface area contributed by atoms with Gasteiger partial charge in [0.1, 0.15) is 11.9 Å². The number of pyridine rings is 1. The van der Waals surface area contributed by atoms with Gasteiger partial charge in [0.15, 0.2) is 5.65 Å². The summed E-state index contributed by atoms with van der Waals surface area (Å²) in [4.78, 5) is 2.32. The lowest BCUT2D eigenvalue weighted by Crippen LogP contribution is -2.50. The summed E-state index contributed by atoms with van der Waals surface area (Å²) in [6.07, 6.45) is 5.11. The Morgan fingerprint density at radius 3 is 2.30 bits per heavy atom. The van der Waals surface area contributed by atoms with E-state index in [1.165, 1.54) is 11.1 Å². The van der Waals surface area contributed by atoms with Crippen molar-refractivity contribution in [2.24, 2.45) is 5.73 Å². The van der Waals surface area contributed by atoms with E-state index in [0.717, 1.165) is 49.7 Å². The molecule has 2 N–H and O–H groups in total. The van der Waals surface area contributed by atoms with Crippen LogP contribution in [0.2, 0.25) is 16.6 Å². The Balaban J connectivity index is 1.35. The maximum Gasteiger partial charge on any atom is 0.231 e. The van der Waals surface area contributed by atoms with Crippen LogP contribution in [0, 0.1) is 0 Å². The Morgan fingerprint density at radius 2 is 1.59 bits per heavy atom. The van der Waals surface area contributed by atoms with Crippen LogP contribution >= 0.6 is 0 Å². The first-order chi connectivity index (χ1) is 17.7. The Hall–Kier alpha value is -2.42. The first kappa shape index (κ1) is 26.2. The van der Waals surface area contributed by atoms with Crippen molar-refractivity contribution < 1.29 is 9.16 Å². The van der Waals surface area contributed by atoms with Gasteiger partial charge in [-0.3, -0.25) is 4.40 Å². The number of nitrogens with zero attached hydrogens (tertiary/aromatic N) is 4. The molecule has 3 atom stereocenters. The van der Waals surface area contributed by atoms with E-state index in [4.69, 9.17) is 14.9 Å². The van der Waals surface area contributed by atoms with Crippen LogP contribution in [0.25, 0.3) is 5.65 Å². The fraction of sp³-hybridized carbons (Fsp3) is 0.586. The average molecular weight is 522 g/mol. The van der Waals surface area contributed by atoms with Crippen LogP contribution in [-0.2, 0) is 4.43 Å². The third-order valence-corrected chi connectivity index (χ3v) is 14.8. The van der Waals surface area contributed by atoms with E-state index in [0.29, 0.717) is 16.6 Å². The van der Waals surface area contributed by atoms with E-state index in [-0.39, 0.29) is 18.2 Å². The number of nitrogens with two attached hydrogens (primary N) is 1. The van der Waals surface area contributed by atoms with Crippen molar-refractivity contribution in [1.82, 2.24) is 14.6 Å². The van der Waals surface area contributed by atoms with Gasteiger partial charge in [-0.05, 0) is 59.1 Å². The van der Waals surface area contributed by atoms with Gasteiger partial charge in [0.25, 0.3) is 0 Å². The van der Waals surface area contributed by atoms with Crippen LogP contribution in [0.4, 0.5) is 5.95 Å². The maximum atomic E-state index is 7.09. The first-order valence-corrected chi connectivity index (χ1v) is 16.1. The molecule has 5 rings (SSSR count). The van der Waals surface area contributed by atoms with Gasteiger partial charge in [-0.25, -0.2) is 0 Å². The molecule has 200 valence electrons. The predicted octanol–water partition coefficient (Wildman–Crippen LogP) is 6.41. The second-order valence-corrected chi connectivity index (χ2v) is 17.2. The summed E-state index contributed by atoms with van der Waals surface area (Å²) in [6, 6.07) is 12.4. The zero-order chi connectivity index (χ0) is 26.3. The van der Waals surface area contributed by atoms with Crippen LogP contribution in [0.3, 0.4) is 0 Å². The summed E-state index contributed by atoms with van der Waals surface area (Å²) in [5.74, 6) is 1.69. The fourth-order valence-corrected chi connectivity index (χ4v) is 12.5. The molecule has 2 aliphatic rings. The summed E-state index contributed by atoms with van der Waals surface area (Å²) >= 11 is 0. The number of anilines is 1. The van der Waals surface area contributed by atoms with Crippen molar-refractivity contribution in [2.75, 3.05) is 18.0 Å². The largest absolute Gasteiger partial charge is 0.484 e. The molecular formula is C29H43N5O2Si. The molecule has 7 nitrogen and oxygen atoms in total. The molecule has 0 spiro atoms. The molecule has 8 heteroatoms. The topological polar surface area (TPSA) is 77.9 Å². The zero-order valence-corrected chi connectivity index (χ0v) is 24.2. The van der Waals surface area contributed by atoms with Gasteiger partial charge in [-0.1, -0.05) is 65.8 Å². The Labute approximate surface area is 222 Å². The number of benzene rings is 1. The molecule has 0 amide bonds. The van der Waals surface area contributed by atoms with Crippen molar-refractivity contribution in [2.45, 2.75) is 95.7 Å². The number of rotatable bonds is 8. The van der Waals surface area contributed by atoms with E-state index in [2.05, 4.69) is 85.3 Å². The highest BCUT2D eigenvalue weighted by molar-refractivity contribution is 6.77. The van der Waals surface area contributed by atoms with Crippen LogP contribution in [0.1, 0.15) is 84.1 Å². The third kappa shape index (κ3) is 4.79. The highest BCUT2D eigenvalue weighted by Gasteiger charge is 2.47. The number of ether oxygens (including phenoxy) is 1. The van der Waals surface area contributed by atoms with Gasteiger partial charge in [0, 0.05) is 19.1 Å². The molecule has 0 saturated carbocycles. The number of hydrogen-bond acceptors (Lipinski definition) is 6. The maximum absolute atomic E-state index is 7.09. The van der Waals surface area contributed by atoms with Crippen molar-refractivity contribution in [3.63, 3.8) is 0 Å². The second kappa shape index (κ2) is 10.4. The molecule has 2 aromatic heterocycles. The summed E-state index contributed by atoms with van der Waals surface area (Å²) in [5, 5.41) is 9.02. The quantitative estimate of drug-likeness (QED) is 0.345. The lowest BCUT2D eigenvalue weighted by Gasteiger charge is -2.44. The molecule has 1 aromatic carbocycles. The number of hydrogen-bond donors (Lipinski definition) is 1. The predicted molar refractivity (Wildman–Crippen MR) is 152 cm³/mol. The molecule has 1 aliphatic carbocycles. The SMILES string of the molecule is CC(C)[Si](O[C@@H]1CCN(c2nnc3ccc(O[C@@H]4CC[C@H](N)c5ccccc54)cn23)C1)(C(C)C)C(C)C. The molecule has 3 heterocycles. The van der Waals surface area contributed by atoms with E-state index < -0.39 is 8.32 Å². The van der Waals surface area contributed by atoms with E-state index in [1.54, 1.807) is 0 Å². The Morgan fingerprint density at radius 1 is 0.892 bits per heavy atom. The normalized spacial score (nSPS) is 22.4. The molecular weight excluding hydrogens is 478 g/mol. The minimum atomic E-state index is -1.93. The minimum absolute atomic E-state index is 0.000806. The lowest BCUT2D eigenvalue weighted by atomic mass is 9.86. The molecule has 1 saturated heterocycles. The average Bonchev–Trinajstić information content (AvgIpc) is 3.50. The van der Waals surface area contributed by atoms with Crippen molar-refractivity contribution in [3.8, 4) is 5.75 Å². The van der Waals surface area contributed by atoms with Crippen LogP contribution in [0.15, 0.2) is 42.6 Å². The number of aromatic nitrogens is 3. The zero-order valence-electron chi connectivity index (χ0n) is 23.2. The standard InChI is InChI=1S/C29H43N5O2Si/c1-19(2)37(20(3)4,21(5)6)36-23-15-16-33(17-23)29-32-31-28-14-11-22(18-34(28)29)35-27-13-12-26(30)24-9-7-8-10-25(24)27/h7-11,14,18-21,23,26-27H,12-13,15-17,30H2,1-6H3/t23-,26+,27-/m1/s1. The smallest absolute Gasteiger partial charge is 0.231 e. The minimum Gasteiger partial charge on any atom is -0.484 e. The number of fused-ring (bicyclic) bond motifs is 2. The third-order valence-electron chi connectivity index (χ3n) is 8.62. The van der Waals surface area contributed by atoms with Gasteiger partial charge >= 0.3 is 0 Å². The summed E-state index contributed by atoms with van der Waals surface area (Å²) in [5.41, 5.74) is 11.3. The van der Waals surface area contributed by atoms with Crippen molar-refractivity contribution >= 4 is 19.9 Å².